The molecule has 0 saturated heterocycles. The minimum Gasteiger partial charge on any atom is -0.279 e. The van der Waals surface area contributed by atoms with Crippen LogP contribution in [0.25, 0.3) is 22.1 Å². The third-order valence-electron chi connectivity index (χ3n) is 4.86. The van der Waals surface area contributed by atoms with E-state index >= 15 is 0 Å². The van der Waals surface area contributed by atoms with Gasteiger partial charge >= 0.3 is 6.18 Å². The van der Waals surface area contributed by atoms with Crippen LogP contribution < -0.4 is 0 Å². The summed E-state index contributed by atoms with van der Waals surface area (Å²) in [6.45, 7) is 12.9. The van der Waals surface area contributed by atoms with Gasteiger partial charge in [0, 0.05) is 5.57 Å². The van der Waals surface area contributed by atoms with Crippen molar-refractivity contribution in [3.63, 3.8) is 0 Å². The normalized spacial score (nSPS) is 14.6. The number of aromatic nitrogens is 1. The first kappa shape index (κ1) is 22.7. The Kier molecular flexibility index (Phi) is 6.91. The molecule has 0 radical (unpaired) electrons. The zero-order valence-electron chi connectivity index (χ0n) is 17.3. The molecule has 6 heteroatoms. The second-order valence-corrected chi connectivity index (χ2v) is 7.95. The summed E-state index contributed by atoms with van der Waals surface area (Å²) >= 11 is 1.28. The molecule has 0 atom stereocenters. The van der Waals surface area contributed by atoms with Gasteiger partial charge in [-0.15, -0.1) is 11.3 Å². The van der Waals surface area contributed by atoms with Crippen molar-refractivity contribution >= 4 is 28.7 Å². The number of rotatable bonds is 8. The fourth-order valence-electron chi connectivity index (χ4n) is 3.43. The fourth-order valence-corrected chi connectivity index (χ4v) is 4.59. The lowest BCUT2D eigenvalue weighted by molar-refractivity contribution is -0.0852. The highest BCUT2D eigenvalue weighted by Gasteiger charge is 2.43. The van der Waals surface area contributed by atoms with Gasteiger partial charge in [0.15, 0.2) is 0 Å². The van der Waals surface area contributed by atoms with Crippen molar-refractivity contribution in [2.45, 2.75) is 25.9 Å². The number of allylic oxidation sites excluding steroid dienone is 5. The van der Waals surface area contributed by atoms with Crippen molar-refractivity contribution < 1.29 is 13.2 Å². The zero-order chi connectivity index (χ0) is 22.6. The molecule has 3 rings (SSSR count). The number of aryl methyl sites for hydroxylation is 1. The van der Waals surface area contributed by atoms with Gasteiger partial charge in [-0.3, -0.25) is 4.99 Å². The van der Waals surface area contributed by atoms with E-state index in [9.17, 15) is 13.2 Å². The van der Waals surface area contributed by atoms with Gasteiger partial charge in [-0.2, -0.15) is 13.2 Å². The van der Waals surface area contributed by atoms with Crippen molar-refractivity contribution in [1.82, 2.24) is 4.98 Å². The van der Waals surface area contributed by atoms with Crippen molar-refractivity contribution in [2.24, 2.45) is 4.99 Å². The second kappa shape index (κ2) is 9.43. The summed E-state index contributed by atoms with van der Waals surface area (Å²) in [6, 6.07) is 7.77. The van der Waals surface area contributed by atoms with Crippen LogP contribution in [0.15, 0.2) is 78.4 Å². The third-order valence-corrected chi connectivity index (χ3v) is 6.07. The lowest BCUT2D eigenvalue weighted by atomic mass is 9.99. The second-order valence-electron chi connectivity index (χ2n) is 6.95. The average molecular weight is 441 g/mol. The molecule has 0 bridgehead atoms. The molecule has 1 aliphatic rings. The zero-order valence-corrected chi connectivity index (χ0v) is 18.1. The van der Waals surface area contributed by atoms with E-state index < -0.39 is 11.7 Å². The highest BCUT2D eigenvalue weighted by atomic mass is 32.1. The molecule has 0 amide bonds. The van der Waals surface area contributed by atoms with Crippen LogP contribution in [0.2, 0.25) is 0 Å². The summed E-state index contributed by atoms with van der Waals surface area (Å²) in [7, 11) is 0. The molecule has 0 fully saturated rings. The van der Waals surface area contributed by atoms with E-state index in [1.807, 2.05) is 31.2 Å². The average Bonchev–Trinajstić information content (AvgIpc) is 3.37. The molecule has 160 valence electrons. The van der Waals surface area contributed by atoms with Crippen LogP contribution in [0, 0.1) is 0 Å². The number of hydrogen-bond donors (Lipinski definition) is 0. The third kappa shape index (κ3) is 4.69. The van der Waals surface area contributed by atoms with Crippen molar-refractivity contribution in [2.75, 3.05) is 6.54 Å². The van der Waals surface area contributed by atoms with Gasteiger partial charge in [0.2, 0.25) is 0 Å². The number of benzene rings is 1. The minimum absolute atomic E-state index is 0.0690. The Morgan fingerprint density at radius 3 is 2.42 bits per heavy atom. The number of hydrogen-bond acceptors (Lipinski definition) is 3. The standard InChI is InChI=1S/C25H23F3N2S/c1-5-9-17(8-4)22-21(25(26,27)28)19(15-29-22)24-30-20(10-6-2)23(31-24)18-13-11-16(7-3)12-14-18/h5,7-9,11-14H,1,3-4,6,10,15H2,2H3/b17-9+. The highest BCUT2D eigenvalue weighted by Crippen LogP contribution is 2.42. The maximum absolute atomic E-state index is 14.1. The summed E-state index contributed by atoms with van der Waals surface area (Å²) < 4.78 is 42.3. The first-order valence-electron chi connectivity index (χ1n) is 9.87. The Hall–Kier alpha value is -2.99. The maximum atomic E-state index is 14.1. The molecule has 1 aromatic heterocycles. The number of aliphatic imine (C=N–C) groups is 1. The van der Waals surface area contributed by atoms with Gasteiger partial charge in [-0.25, -0.2) is 4.98 Å². The Bertz CT molecular complexity index is 1100. The summed E-state index contributed by atoms with van der Waals surface area (Å²) in [6.07, 6.45) is 3.00. The predicted octanol–water partition coefficient (Wildman–Crippen LogP) is 7.47. The minimum atomic E-state index is -4.56. The lowest BCUT2D eigenvalue weighted by Gasteiger charge is -2.13. The first-order chi connectivity index (χ1) is 14.8. The van der Waals surface area contributed by atoms with E-state index in [4.69, 9.17) is 0 Å². The Morgan fingerprint density at radius 1 is 1.16 bits per heavy atom. The van der Waals surface area contributed by atoms with Gasteiger partial charge in [0.25, 0.3) is 0 Å². The molecule has 2 nitrogen and oxygen atoms in total. The Morgan fingerprint density at radius 2 is 1.87 bits per heavy atom. The molecular formula is C25H23F3N2S. The van der Waals surface area contributed by atoms with Crippen LogP contribution >= 0.6 is 11.3 Å². The first-order valence-corrected chi connectivity index (χ1v) is 10.7. The SMILES string of the molecule is C=C/C=C(\C=C)C1=NCC(c2nc(CCC)c(-c3ccc(C=C)cc3)s2)=C1C(F)(F)F. The molecule has 31 heavy (non-hydrogen) atoms. The smallest absolute Gasteiger partial charge is 0.279 e. The van der Waals surface area contributed by atoms with Crippen LogP contribution in [0.1, 0.15) is 29.6 Å². The molecule has 1 aliphatic heterocycles. The van der Waals surface area contributed by atoms with Crippen molar-refractivity contribution in [3.05, 3.63) is 89.6 Å². The highest BCUT2D eigenvalue weighted by molar-refractivity contribution is 7.16. The monoisotopic (exact) mass is 440 g/mol. The largest absolute Gasteiger partial charge is 0.418 e. The van der Waals surface area contributed by atoms with E-state index in [0.29, 0.717) is 17.0 Å². The van der Waals surface area contributed by atoms with Gasteiger partial charge in [0.05, 0.1) is 28.4 Å². The number of nitrogens with zero attached hydrogens (tertiary/aromatic N) is 2. The van der Waals surface area contributed by atoms with Crippen molar-refractivity contribution in [3.8, 4) is 10.4 Å². The summed E-state index contributed by atoms with van der Waals surface area (Å²) in [5, 5.41) is 0.360. The number of thiazole rings is 1. The quantitative estimate of drug-likeness (QED) is 0.391. The maximum Gasteiger partial charge on any atom is 0.418 e. The summed E-state index contributed by atoms with van der Waals surface area (Å²) in [4.78, 5) is 9.72. The van der Waals surface area contributed by atoms with Crippen LogP contribution in [-0.4, -0.2) is 23.4 Å². The molecule has 1 aromatic carbocycles. The molecule has 2 heterocycles. The molecular weight excluding hydrogens is 417 g/mol. The molecule has 0 unspecified atom stereocenters. The van der Waals surface area contributed by atoms with Gasteiger partial charge in [0.1, 0.15) is 5.01 Å². The van der Waals surface area contributed by atoms with E-state index in [2.05, 4.69) is 29.7 Å². The molecule has 0 aliphatic carbocycles. The summed E-state index contributed by atoms with van der Waals surface area (Å²) in [5.41, 5.74) is 2.27. The van der Waals surface area contributed by atoms with E-state index in [1.54, 1.807) is 6.08 Å². The molecule has 0 saturated carbocycles. The van der Waals surface area contributed by atoms with Crippen LogP contribution in [0.4, 0.5) is 13.2 Å². The Balaban J connectivity index is 2.16. The van der Waals surface area contributed by atoms with Crippen LogP contribution in [-0.2, 0) is 6.42 Å². The lowest BCUT2D eigenvalue weighted by Crippen LogP contribution is -2.20. The van der Waals surface area contributed by atoms with Crippen LogP contribution in [0.5, 0.6) is 0 Å². The van der Waals surface area contributed by atoms with E-state index in [-0.39, 0.29) is 17.8 Å². The van der Waals surface area contributed by atoms with Gasteiger partial charge < -0.3 is 0 Å². The molecule has 0 N–H and O–H groups in total. The summed E-state index contributed by atoms with van der Waals surface area (Å²) in [5.74, 6) is 0. The van der Waals surface area contributed by atoms with Gasteiger partial charge in [-0.05, 0) is 23.1 Å². The number of halogens is 3. The molecule has 0 spiro atoms. The van der Waals surface area contributed by atoms with Crippen molar-refractivity contribution in [1.29, 1.82) is 0 Å². The number of alkyl halides is 3. The predicted molar refractivity (Wildman–Crippen MR) is 125 cm³/mol. The fraction of sp³-hybridized carbons (Fsp3) is 0.200. The molecule has 2 aromatic rings. The van der Waals surface area contributed by atoms with Crippen LogP contribution in [0.3, 0.4) is 0 Å². The Labute approximate surface area is 184 Å². The van der Waals surface area contributed by atoms with E-state index in [1.165, 1.54) is 29.6 Å². The van der Waals surface area contributed by atoms with Gasteiger partial charge in [-0.1, -0.05) is 81.7 Å². The topological polar surface area (TPSA) is 25.2 Å². The van der Waals surface area contributed by atoms with E-state index in [0.717, 1.165) is 28.1 Å².